The van der Waals surface area contributed by atoms with Gasteiger partial charge in [0.25, 0.3) is 0 Å². The minimum atomic E-state index is -0.205. The summed E-state index contributed by atoms with van der Waals surface area (Å²) in [5.74, 6) is 0. The predicted molar refractivity (Wildman–Crippen MR) is 44.6 cm³/mol. The predicted octanol–water partition coefficient (Wildman–Crippen LogP) is -0.378. The van der Waals surface area contributed by atoms with Crippen molar-refractivity contribution < 1.29 is 0 Å². The molecule has 0 aliphatic heterocycles. The van der Waals surface area contributed by atoms with E-state index < -0.39 is 0 Å². The Morgan fingerprint density at radius 2 is 2.27 bits per heavy atom. The zero-order valence-corrected chi connectivity index (χ0v) is 6.20. The quantitative estimate of drug-likeness (QED) is 0.539. The van der Waals surface area contributed by atoms with E-state index in [4.69, 9.17) is 17.2 Å². The van der Waals surface area contributed by atoms with Crippen LogP contribution in [0.4, 0.5) is 5.69 Å². The SMILES string of the molecule is NC[C@H](N)c1cnccc1N. The number of rotatable bonds is 2. The van der Waals surface area contributed by atoms with E-state index in [-0.39, 0.29) is 6.04 Å². The molecule has 0 aliphatic rings. The lowest BCUT2D eigenvalue weighted by molar-refractivity contribution is 0.735. The molecule has 0 bridgehead atoms. The van der Waals surface area contributed by atoms with Crippen LogP contribution >= 0.6 is 0 Å². The number of aromatic nitrogens is 1. The molecular formula is C7H12N4. The zero-order chi connectivity index (χ0) is 8.27. The second-order valence-corrected chi connectivity index (χ2v) is 2.35. The number of nitrogens with two attached hydrogens (primary N) is 3. The molecule has 1 atom stereocenters. The zero-order valence-electron chi connectivity index (χ0n) is 6.20. The number of anilines is 1. The summed E-state index contributed by atoms with van der Waals surface area (Å²) in [7, 11) is 0. The molecule has 0 amide bonds. The fraction of sp³-hybridized carbons (Fsp3) is 0.286. The number of hydrogen-bond acceptors (Lipinski definition) is 4. The van der Waals surface area contributed by atoms with Crippen LogP contribution in [0, 0.1) is 0 Å². The molecule has 6 N–H and O–H groups in total. The number of pyridine rings is 1. The molecule has 0 saturated carbocycles. The normalized spacial score (nSPS) is 12.9. The van der Waals surface area contributed by atoms with E-state index in [1.165, 1.54) is 0 Å². The van der Waals surface area contributed by atoms with Crippen LogP contribution in [-0.4, -0.2) is 11.5 Å². The Balaban J connectivity index is 2.93. The van der Waals surface area contributed by atoms with Gasteiger partial charge in [0.2, 0.25) is 0 Å². The first-order valence-electron chi connectivity index (χ1n) is 3.40. The van der Waals surface area contributed by atoms with Crippen LogP contribution in [0.15, 0.2) is 18.5 Å². The van der Waals surface area contributed by atoms with E-state index in [1.807, 2.05) is 0 Å². The highest BCUT2D eigenvalue weighted by Crippen LogP contribution is 2.14. The average molecular weight is 152 g/mol. The Morgan fingerprint density at radius 3 is 2.82 bits per heavy atom. The first-order valence-corrected chi connectivity index (χ1v) is 3.40. The smallest absolute Gasteiger partial charge is 0.0455 e. The summed E-state index contributed by atoms with van der Waals surface area (Å²) in [5.41, 5.74) is 18.1. The topological polar surface area (TPSA) is 91.0 Å². The van der Waals surface area contributed by atoms with Crippen molar-refractivity contribution in [3.63, 3.8) is 0 Å². The van der Waals surface area contributed by atoms with E-state index in [0.717, 1.165) is 5.56 Å². The van der Waals surface area contributed by atoms with Gasteiger partial charge in [0.05, 0.1) is 0 Å². The first-order chi connectivity index (χ1) is 5.25. The summed E-state index contributed by atoms with van der Waals surface area (Å²) >= 11 is 0. The van der Waals surface area contributed by atoms with Crippen LogP contribution in [0.25, 0.3) is 0 Å². The second kappa shape index (κ2) is 3.32. The molecule has 1 rings (SSSR count). The van der Waals surface area contributed by atoms with E-state index in [1.54, 1.807) is 18.5 Å². The highest BCUT2D eigenvalue weighted by molar-refractivity contribution is 5.46. The van der Waals surface area contributed by atoms with Gasteiger partial charge >= 0.3 is 0 Å². The third-order valence-corrected chi connectivity index (χ3v) is 1.54. The fourth-order valence-corrected chi connectivity index (χ4v) is 0.854. The van der Waals surface area contributed by atoms with Crippen LogP contribution in [0.1, 0.15) is 11.6 Å². The monoisotopic (exact) mass is 152 g/mol. The van der Waals surface area contributed by atoms with Gasteiger partial charge in [-0.15, -0.1) is 0 Å². The molecule has 60 valence electrons. The summed E-state index contributed by atoms with van der Waals surface area (Å²) in [4.78, 5) is 3.90. The lowest BCUT2D eigenvalue weighted by Gasteiger charge is -2.10. The van der Waals surface area contributed by atoms with E-state index in [9.17, 15) is 0 Å². The van der Waals surface area contributed by atoms with Gasteiger partial charge in [-0.25, -0.2) is 0 Å². The number of hydrogen-bond donors (Lipinski definition) is 3. The molecule has 11 heavy (non-hydrogen) atoms. The third-order valence-electron chi connectivity index (χ3n) is 1.54. The van der Waals surface area contributed by atoms with Gasteiger partial charge in [-0.2, -0.15) is 0 Å². The van der Waals surface area contributed by atoms with Gasteiger partial charge < -0.3 is 17.2 Å². The molecule has 1 aromatic heterocycles. The Hall–Kier alpha value is -1.13. The Labute approximate surface area is 65.4 Å². The average Bonchev–Trinajstić information content (AvgIpc) is 2.04. The van der Waals surface area contributed by atoms with Gasteiger partial charge in [-0.05, 0) is 6.07 Å². The molecule has 0 radical (unpaired) electrons. The third kappa shape index (κ3) is 1.66. The van der Waals surface area contributed by atoms with Gasteiger partial charge in [0, 0.05) is 36.2 Å². The van der Waals surface area contributed by atoms with Crippen LogP contribution in [0.3, 0.4) is 0 Å². The number of nitrogen functional groups attached to an aromatic ring is 1. The van der Waals surface area contributed by atoms with Crippen LogP contribution in [0.5, 0.6) is 0 Å². The summed E-state index contributed by atoms with van der Waals surface area (Å²) in [5, 5.41) is 0. The lowest BCUT2D eigenvalue weighted by Crippen LogP contribution is -2.21. The molecule has 0 fully saturated rings. The van der Waals surface area contributed by atoms with E-state index >= 15 is 0 Å². The summed E-state index contributed by atoms with van der Waals surface area (Å²) < 4.78 is 0. The van der Waals surface area contributed by atoms with Crippen molar-refractivity contribution in [3.8, 4) is 0 Å². The standard InChI is InChI=1S/C7H12N4/c8-3-7(10)5-4-11-2-1-6(5)9/h1-2,4,7H,3,8,10H2,(H2,9,11)/t7-/m0/s1. The maximum absolute atomic E-state index is 5.65. The molecule has 1 heterocycles. The Bertz CT molecular complexity index is 236. The highest BCUT2D eigenvalue weighted by Gasteiger charge is 2.05. The molecule has 4 heteroatoms. The number of nitrogens with zero attached hydrogens (tertiary/aromatic N) is 1. The lowest BCUT2D eigenvalue weighted by atomic mass is 10.1. The summed E-state index contributed by atoms with van der Waals surface area (Å²) in [6.07, 6.45) is 3.27. The molecule has 0 saturated heterocycles. The molecule has 0 unspecified atom stereocenters. The van der Waals surface area contributed by atoms with Crippen molar-refractivity contribution in [1.82, 2.24) is 4.98 Å². The van der Waals surface area contributed by atoms with Crippen LogP contribution in [0.2, 0.25) is 0 Å². The molecular weight excluding hydrogens is 140 g/mol. The van der Waals surface area contributed by atoms with Crippen molar-refractivity contribution in [1.29, 1.82) is 0 Å². The Kier molecular flexibility index (Phi) is 2.40. The minimum absolute atomic E-state index is 0.205. The molecule has 0 spiro atoms. The van der Waals surface area contributed by atoms with Crippen molar-refractivity contribution in [2.45, 2.75) is 6.04 Å². The van der Waals surface area contributed by atoms with E-state index in [2.05, 4.69) is 4.98 Å². The molecule has 0 aliphatic carbocycles. The maximum Gasteiger partial charge on any atom is 0.0455 e. The van der Waals surface area contributed by atoms with Crippen molar-refractivity contribution in [2.75, 3.05) is 12.3 Å². The fourth-order valence-electron chi connectivity index (χ4n) is 0.854. The van der Waals surface area contributed by atoms with E-state index in [0.29, 0.717) is 12.2 Å². The second-order valence-electron chi connectivity index (χ2n) is 2.35. The first kappa shape index (κ1) is 7.97. The van der Waals surface area contributed by atoms with Crippen molar-refractivity contribution >= 4 is 5.69 Å². The Morgan fingerprint density at radius 1 is 1.55 bits per heavy atom. The van der Waals surface area contributed by atoms with Gasteiger partial charge in [-0.1, -0.05) is 0 Å². The van der Waals surface area contributed by atoms with Gasteiger partial charge in [-0.3, -0.25) is 4.98 Å². The van der Waals surface area contributed by atoms with Crippen LogP contribution in [-0.2, 0) is 0 Å². The van der Waals surface area contributed by atoms with Gasteiger partial charge in [0.1, 0.15) is 0 Å². The minimum Gasteiger partial charge on any atom is -0.398 e. The highest BCUT2D eigenvalue weighted by atomic mass is 14.8. The summed E-state index contributed by atoms with van der Waals surface area (Å²) in [6.45, 7) is 0.385. The molecule has 4 nitrogen and oxygen atoms in total. The van der Waals surface area contributed by atoms with Crippen LogP contribution < -0.4 is 17.2 Å². The molecule has 1 aromatic rings. The largest absolute Gasteiger partial charge is 0.398 e. The van der Waals surface area contributed by atoms with Crippen molar-refractivity contribution in [3.05, 3.63) is 24.0 Å². The van der Waals surface area contributed by atoms with Crippen molar-refractivity contribution in [2.24, 2.45) is 11.5 Å². The van der Waals surface area contributed by atoms with Gasteiger partial charge in [0.15, 0.2) is 0 Å². The maximum atomic E-state index is 5.65. The molecule has 0 aromatic carbocycles. The summed E-state index contributed by atoms with van der Waals surface area (Å²) in [6, 6.07) is 1.51.